The van der Waals surface area contributed by atoms with Crippen LogP contribution in [0, 0.1) is 10.8 Å². The summed E-state index contributed by atoms with van der Waals surface area (Å²) in [5.41, 5.74) is -0.392. The molecule has 0 amide bonds. The Morgan fingerprint density at radius 2 is 1.62 bits per heavy atom. The first kappa shape index (κ1) is 19.2. The Morgan fingerprint density at radius 1 is 1.14 bits per heavy atom. The summed E-state index contributed by atoms with van der Waals surface area (Å²) in [5.74, 6) is -0.324. The van der Waals surface area contributed by atoms with Gasteiger partial charge in [-0.05, 0) is 24.0 Å². The summed E-state index contributed by atoms with van der Waals surface area (Å²) >= 11 is 0. The van der Waals surface area contributed by atoms with Crippen LogP contribution in [-0.4, -0.2) is 24.0 Å². The van der Waals surface area contributed by atoms with Crippen molar-refractivity contribution in [3.63, 3.8) is 0 Å². The first-order valence-corrected chi connectivity index (χ1v) is 6.85. The molecule has 1 rings (SSSR count). The highest BCUT2D eigenvalue weighted by Crippen LogP contribution is 2.37. The number of hydrogen-bond donors (Lipinski definition) is 1. The molecule has 1 aromatic carbocycles. The maximum atomic E-state index is 11.5. The third-order valence-electron chi connectivity index (χ3n) is 2.92. The minimum atomic E-state index is -0.918. The number of ether oxygens (including phenoxy) is 1. The summed E-state index contributed by atoms with van der Waals surface area (Å²) in [6.07, 6.45) is -0.0850. The fourth-order valence-electron chi connectivity index (χ4n) is 2.64. The van der Waals surface area contributed by atoms with Crippen molar-refractivity contribution in [2.45, 2.75) is 47.1 Å². The van der Waals surface area contributed by atoms with Crippen LogP contribution in [0.2, 0.25) is 0 Å². The fraction of sp³-hybridized carbons (Fsp3) is 0.529. The first-order valence-electron chi connectivity index (χ1n) is 6.85. The van der Waals surface area contributed by atoms with E-state index in [1.54, 1.807) is 12.1 Å². The number of benzene rings is 1. The Morgan fingerprint density at radius 3 is 2.00 bits per heavy atom. The van der Waals surface area contributed by atoms with Crippen molar-refractivity contribution in [3.8, 4) is 5.75 Å². The van der Waals surface area contributed by atoms with Gasteiger partial charge in [0.25, 0.3) is 0 Å². The van der Waals surface area contributed by atoms with Gasteiger partial charge in [-0.15, -0.1) is 0 Å². The van der Waals surface area contributed by atoms with Gasteiger partial charge in [-0.25, -0.2) is 4.79 Å². The minimum absolute atomic E-state index is 0.0528. The van der Waals surface area contributed by atoms with Gasteiger partial charge in [-0.2, -0.15) is 0 Å². The standard InChI is InChI=1S/C16H24O3.CH2O/c1-15(2,3)11-16(4,5)13(14(17)18)19-12-9-7-6-8-10-12;1-2/h6-10,13H,11H2,1-5H3,(H,17,18);1H2. The van der Waals surface area contributed by atoms with Crippen LogP contribution in [0.3, 0.4) is 0 Å². The fourth-order valence-corrected chi connectivity index (χ4v) is 2.64. The van der Waals surface area contributed by atoms with Gasteiger partial charge in [0.05, 0.1) is 0 Å². The smallest absolute Gasteiger partial charge is 0.345 e. The second kappa shape index (κ2) is 7.81. The Kier molecular flexibility index (Phi) is 7.13. The molecule has 0 aliphatic rings. The van der Waals surface area contributed by atoms with E-state index in [1.807, 2.05) is 38.8 Å². The van der Waals surface area contributed by atoms with Crippen LogP contribution in [-0.2, 0) is 9.59 Å². The predicted octanol–water partition coefficient (Wildman–Crippen LogP) is 3.80. The number of para-hydroxylation sites is 1. The summed E-state index contributed by atoms with van der Waals surface area (Å²) in [6.45, 7) is 12.2. The summed E-state index contributed by atoms with van der Waals surface area (Å²) in [6, 6.07) is 9.12. The highest BCUT2D eigenvalue weighted by atomic mass is 16.5. The van der Waals surface area contributed by atoms with Crippen molar-refractivity contribution in [2.24, 2.45) is 10.8 Å². The molecule has 118 valence electrons. The van der Waals surface area contributed by atoms with E-state index in [0.29, 0.717) is 5.75 Å². The number of carbonyl (C=O) groups excluding carboxylic acids is 1. The van der Waals surface area contributed by atoms with Gasteiger partial charge >= 0.3 is 5.97 Å². The Labute approximate surface area is 127 Å². The van der Waals surface area contributed by atoms with E-state index < -0.39 is 17.5 Å². The predicted molar refractivity (Wildman–Crippen MR) is 83.5 cm³/mol. The van der Waals surface area contributed by atoms with Crippen LogP contribution in [0.1, 0.15) is 41.0 Å². The van der Waals surface area contributed by atoms with Gasteiger partial charge in [-0.1, -0.05) is 52.8 Å². The molecule has 1 N–H and O–H groups in total. The third kappa shape index (κ3) is 6.93. The van der Waals surface area contributed by atoms with Crippen LogP contribution in [0.25, 0.3) is 0 Å². The second-order valence-corrected chi connectivity index (χ2v) is 6.88. The molecule has 0 fully saturated rings. The number of carboxylic acid groups (broad SMARTS) is 1. The molecule has 0 saturated carbocycles. The average molecular weight is 294 g/mol. The summed E-state index contributed by atoms with van der Waals surface area (Å²) < 4.78 is 5.69. The molecule has 1 atom stereocenters. The third-order valence-corrected chi connectivity index (χ3v) is 2.92. The highest BCUT2D eigenvalue weighted by Gasteiger charge is 2.40. The van der Waals surface area contributed by atoms with Gasteiger partial charge in [-0.3, -0.25) is 0 Å². The largest absolute Gasteiger partial charge is 0.478 e. The van der Waals surface area contributed by atoms with E-state index >= 15 is 0 Å². The number of aliphatic carboxylic acids is 1. The van der Waals surface area contributed by atoms with E-state index in [-0.39, 0.29) is 5.41 Å². The zero-order valence-corrected chi connectivity index (χ0v) is 13.6. The quantitative estimate of drug-likeness (QED) is 0.897. The molecule has 21 heavy (non-hydrogen) atoms. The molecule has 0 heterocycles. The van der Waals surface area contributed by atoms with Gasteiger partial charge in [0, 0.05) is 5.41 Å². The van der Waals surface area contributed by atoms with Crippen molar-refractivity contribution in [1.82, 2.24) is 0 Å². The molecule has 4 heteroatoms. The minimum Gasteiger partial charge on any atom is -0.478 e. The molecular formula is C17H26O4. The first-order chi connectivity index (χ1) is 9.62. The molecule has 0 saturated heterocycles. The highest BCUT2D eigenvalue weighted by molar-refractivity contribution is 5.73. The molecular weight excluding hydrogens is 268 g/mol. The molecule has 4 nitrogen and oxygen atoms in total. The number of rotatable bonds is 5. The van der Waals surface area contributed by atoms with Crippen LogP contribution in [0.5, 0.6) is 5.75 Å². The van der Waals surface area contributed by atoms with E-state index in [9.17, 15) is 9.90 Å². The summed E-state index contributed by atoms with van der Waals surface area (Å²) in [5, 5.41) is 9.44. The van der Waals surface area contributed by atoms with Crippen molar-refractivity contribution < 1.29 is 19.4 Å². The molecule has 0 spiro atoms. The van der Waals surface area contributed by atoms with Crippen LogP contribution >= 0.6 is 0 Å². The summed E-state index contributed by atoms with van der Waals surface area (Å²) in [7, 11) is 0. The molecule has 1 aromatic rings. The Hall–Kier alpha value is -1.84. The van der Waals surface area contributed by atoms with Gasteiger partial charge in [0.2, 0.25) is 6.10 Å². The molecule has 0 aliphatic carbocycles. The zero-order chi connectivity index (χ0) is 16.7. The van der Waals surface area contributed by atoms with Crippen LogP contribution < -0.4 is 4.74 Å². The van der Waals surface area contributed by atoms with Gasteiger partial charge in [0.1, 0.15) is 12.5 Å². The molecule has 0 aliphatic heterocycles. The normalized spacial score (nSPS) is 12.8. The lowest BCUT2D eigenvalue weighted by atomic mass is 9.73. The lowest BCUT2D eigenvalue weighted by Crippen LogP contribution is -2.43. The number of carboxylic acids is 1. The summed E-state index contributed by atoms with van der Waals surface area (Å²) in [4.78, 5) is 19.5. The second-order valence-electron chi connectivity index (χ2n) is 6.88. The van der Waals surface area contributed by atoms with E-state index in [0.717, 1.165) is 6.42 Å². The SMILES string of the molecule is C=O.CC(C)(C)CC(C)(C)C(Oc1ccccc1)C(=O)O. The van der Waals surface area contributed by atoms with Crippen molar-refractivity contribution in [2.75, 3.05) is 0 Å². The van der Waals surface area contributed by atoms with E-state index in [1.165, 1.54) is 0 Å². The molecule has 1 unspecified atom stereocenters. The lowest BCUT2D eigenvalue weighted by molar-refractivity contribution is -0.151. The van der Waals surface area contributed by atoms with E-state index in [2.05, 4.69) is 20.8 Å². The Bertz CT molecular complexity index is 432. The number of hydrogen-bond acceptors (Lipinski definition) is 3. The maximum Gasteiger partial charge on any atom is 0.345 e. The van der Waals surface area contributed by atoms with Crippen LogP contribution in [0.4, 0.5) is 0 Å². The molecule has 0 bridgehead atoms. The van der Waals surface area contributed by atoms with Crippen molar-refractivity contribution >= 4 is 12.8 Å². The number of carbonyl (C=O) groups is 2. The topological polar surface area (TPSA) is 63.6 Å². The van der Waals surface area contributed by atoms with Gasteiger partial charge in [0.15, 0.2) is 0 Å². The maximum absolute atomic E-state index is 11.5. The lowest BCUT2D eigenvalue weighted by Gasteiger charge is -2.36. The van der Waals surface area contributed by atoms with Gasteiger partial charge < -0.3 is 14.6 Å². The zero-order valence-electron chi connectivity index (χ0n) is 13.6. The average Bonchev–Trinajstić information content (AvgIpc) is 2.36. The molecule has 0 aromatic heterocycles. The van der Waals surface area contributed by atoms with Crippen molar-refractivity contribution in [3.05, 3.63) is 30.3 Å². The molecule has 0 radical (unpaired) electrons. The van der Waals surface area contributed by atoms with E-state index in [4.69, 9.17) is 9.53 Å². The monoisotopic (exact) mass is 294 g/mol. The van der Waals surface area contributed by atoms with Crippen LogP contribution in [0.15, 0.2) is 30.3 Å². The Balaban J connectivity index is 0.00000191. The van der Waals surface area contributed by atoms with Crippen molar-refractivity contribution in [1.29, 1.82) is 0 Å².